The third-order valence-electron chi connectivity index (χ3n) is 2.46. The number of aliphatic hydroxyl groups excluding tert-OH is 1. The highest BCUT2D eigenvalue weighted by Crippen LogP contribution is 2.23. The van der Waals surface area contributed by atoms with Gasteiger partial charge in [-0.1, -0.05) is 18.2 Å². The maximum atomic E-state index is 8.82. The molecule has 3 nitrogen and oxygen atoms in total. The van der Waals surface area contributed by atoms with Crippen molar-refractivity contribution in [3.8, 4) is 0 Å². The zero-order valence-corrected chi connectivity index (χ0v) is 9.13. The SMILES string of the molecule is Cl.N[C@@H](CCO)c1c[nH]c2ccccc12. The van der Waals surface area contributed by atoms with Crippen LogP contribution in [-0.2, 0) is 0 Å². The number of aromatic nitrogens is 1. The third-order valence-corrected chi connectivity index (χ3v) is 2.46. The number of para-hydroxylation sites is 1. The van der Waals surface area contributed by atoms with Gasteiger partial charge in [0.25, 0.3) is 0 Å². The van der Waals surface area contributed by atoms with Crippen LogP contribution in [0.3, 0.4) is 0 Å². The highest BCUT2D eigenvalue weighted by atomic mass is 35.5. The summed E-state index contributed by atoms with van der Waals surface area (Å²) in [5.41, 5.74) is 8.11. The van der Waals surface area contributed by atoms with Gasteiger partial charge < -0.3 is 15.8 Å². The van der Waals surface area contributed by atoms with Gasteiger partial charge in [0.05, 0.1) is 0 Å². The molecule has 1 aromatic carbocycles. The number of aromatic amines is 1. The number of H-pyrrole nitrogens is 1. The zero-order valence-electron chi connectivity index (χ0n) is 8.31. The number of aliphatic hydroxyl groups is 1. The van der Waals surface area contributed by atoms with Crippen LogP contribution in [-0.4, -0.2) is 16.7 Å². The van der Waals surface area contributed by atoms with E-state index in [4.69, 9.17) is 10.8 Å². The molecule has 82 valence electrons. The molecule has 0 aliphatic rings. The molecular weight excluding hydrogens is 212 g/mol. The maximum Gasteiger partial charge on any atom is 0.0457 e. The van der Waals surface area contributed by atoms with Crippen molar-refractivity contribution in [2.75, 3.05) is 6.61 Å². The number of hydrogen-bond acceptors (Lipinski definition) is 2. The molecule has 15 heavy (non-hydrogen) atoms. The molecule has 0 spiro atoms. The summed E-state index contributed by atoms with van der Waals surface area (Å²) in [4.78, 5) is 3.17. The van der Waals surface area contributed by atoms with Crippen LogP contribution in [0.2, 0.25) is 0 Å². The van der Waals surface area contributed by atoms with E-state index in [1.54, 1.807) is 0 Å². The smallest absolute Gasteiger partial charge is 0.0457 e. The van der Waals surface area contributed by atoms with E-state index >= 15 is 0 Å². The average molecular weight is 227 g/mol. The second-order valence-corrected chi connectivity index (χ2v) is 3.41. The highest BCUT2D eigenvalue weighted by molar-refractivity contribution is 5.85. The monoisotopic (exact) mass is 226 g/mol. The molecule has 0 bridgehead atoms. The number of rotatable bonds is 3. The summed E-state index contributed by atoms with van der Waals surface area (Å²) < 4.78 is 0. The first-order chi connectivity index (χ1) is 6.83. The Morgan fingerprint density at radius 2 is 2.07 bits per heavy atom. The molecule has 0 radical (unpaired) electrons. The lowest BCUT2D eigenvalue weighted by Gasteiger charge is -2.07. The van der Waals surface area contributed by atoms with Crippen molar-refractivity contribution < 1.29 is 5.11 Å². The van der Waals surface area contributed by atoms with Gasteiger partial charge in [-0.3, -0.25) is 0 Å². The number of benzene rings is 1. The van der Waals surface area contributed by atoms with Gasteiger partial charge in [0, 0.05) is 29.7 Å². The molecule has 0 unspecified atom stereocenters. The van der Waals surface area contributed by atoms with E-state index in [2.05, 4.69) is 4.98 Å². The molecule has 0 aliphatic heterocycles. The fourth-order valence-corrected chi connectivity index (χ4v) is 1.70. The van der Waals surface area contributed by atoms with Crippen molar-refractivity contribution in [1.82, 2.24) is 4.98 Å². The van der Waals surface area contributed by atoms with Crippen molar-refractivity contribution in [1.29, 1.82) is 0 Å². The Kier molecular flexibility index (Phi) is 4.15. The Balaban J connectivity index is 0.00000112. The molecule has 0 saturated carbocycles. The lowest BCUT2D eigenvalue weighted by Crippen LogP contribution is -2.11. The van der Waals surface area contributed by atoms with Crippen molar-refractivity contribution in [2.45, 2.75) is 12.5 Å². The van der Waals surface area contributed by atoms with E-state index in [9.17, 15) is 0 Å². The molecule has 0 amide bonds. The van der Waals surface area contributed by atoms with Gasteiger partial charge in [0.15, 0.2) is 0 Å². The van der Waals surface area contributed by atoms with Crippen LogP contribution < -0.4 is 5.73 Å². The quantitative estimate of drug-likeness (QED) is 0.750. The van der Waals surface area contributed by atoms with E-state index in [0.29, 0.717) is 6.42 Å². The Labute approximate surface area is 94.7 Å². The van der Waals surface area contributed by atoms with Gasteiger partial charge in [-0.25, -0.2) is 0 Å². The van der Waals surface area contributed by atoms with E-state index < -0.39 is 0 Å². The predicted octanol–water partition coefficient (Wildman–Crippen LogP) is 1.97. The Morgan fingerprint density at radius 3 is 2.80 bits per heavy atom. The van der Waals surface area contributed by atoms with E-state index in [1.807, 2.05) is 30.5 Å². The van der Waals surface area contributed by atoms with Crippen LogP contribution in [0.25, 0.3) is 10.9 Å². The molecule has 0 fully saturated rings. The molecule has 2 rings (SSSR count). The number of fused-ring (bicyclic) bond motifs is 1. The molecule has 0 saturated heterocycles. The standard InChI is InChI=1S/C11H14N2O.ClH/c12-10(5-6-14)9-7-13-11-4-2-1-3-8(9)11;/h1-4,7,10,13-14H,5-6,12H2;1H/t10-;/m0./s1. The number of halogens is 1. The Hall–Kier alpha value is -1.03. The first-order valence-electron chi connectivity index (χ1n) is 4.75. The normalized spacial score (nSPS) is 12.4. The Morgan fingerprint density at radius 1 is 1.33 bits per heavy atom. The second kappa shape index (κ2) is 5.16. The number of nitrogens with one attached hydrogen (secondary N) is 1. The van der Waals surface area contributed by atoms with Gasteiger partial charge in [0.2, 0.25) is 0 Å². The third kappa shape index (κ3) is 2.31. The van der Waals surface area contributed by atoms with Gasteiger partial charge in [-0.15, -0.1) is 12.4 Å². The fraction of sp³-hybridized carbons (Fsp3) is 0.273. The van der Waals surface area contributed by atoms with Gasteiger partial charge in [-0.05, 0) is 18.1 Å². The predicted molar refractivity (Wildman–Crippen MR) is 64.2 cm³/mol. The number of nitrogens with two attached hydrogens (primary N) is 1. The van der Waals surface area contributed by atoms with Gasteiger partial charge in [0.1, 0.15) is 0 Å². The zero-order chi connectivity index (χ0) is 9.97. The summed E-state index contributed by atoms with van der Waals surface area (Å²) in [7, 11) is 0. The maximum absolute atomic E-state index is 8.82. The molecular formula is C11H15ClN2O. The first-order valence-corrected chi connectivity index (χ1v) is 4.75. The minimum Gasteiger partial charge on any atom is -0.396 e. The summed E-state index contributed by atoms with van der Waals surface area (Å²) in [6.07, 6.45) is 2.52. The minimum atomic E-state index is -0.0869. The van der Waals surface area contributed by atoms with Gasteiger partial charge in [-0.2, -0.15) is 0 Å². The largest absolute Gasteiger partial charge is 0.396 e. The summed E-state index contributed by atoms with van der Waals surface area (Å²) in [5, 5.41) is 9.96. The van der Waals surface area contributed by atoms with Crippen molar-refractivity contribution in [2.24, 2.45) is 5.73 Å². The van der Waals surface area contributed by atoms with Crippen LogP contribution in [0, 0.1) is 0 Å². The molecule has 4 heteroatoms. The molecule has 1 heterocycles. The molecule has 4 N–H and O–H groups in total. The summed E-state index contributed by atoms with van der Waals surface area (Å²) in [6.45, 7) is 0.126. The van der Waals surface area contributed by atoms with Crippen LogP contribution >= 0.6 is 12.4 Å². The van der Waals surface area contributed by atoms with Gasteiger partial charge >= 0.3 is 0 Å². The number of hydrogen-bond donors (Lipinski definition) is 3. The van der Waals surface area contributed by atoms with E-state index in [0.717, 1.165) is 16.5 Å². The Bertz CT molecular complexity index is 427. The highest BCUT2D eigenvalue weighted by Gasteiger charge is 2.10. The molecule has 1 atom stereocenters. The fourth-order valence-electron chi connectivity index (χ4n) is 1.70. The lowest BCUT2D eigenvalue weighted by atomic mass is 10.0. The molecule has 2 aromatic rings. The van der Waals surface area contributed by atoms with Crippen LogP contribution in [0.5, 0.6) is 0 Å². The van der Waals surface area contributed by atoms with Crippen molar-refractivity contribution in [3.05, 3.63) is 36.0 Å². The lowest BCUT2D eigenvalue weighted by molar-refractivity contribution is 0.277. The average Bonchev–Trinajstić information content (AvgIpc) is 2.61. The second-order valence-electron chi connectivity index (χ2n) is 3.41. The van der Waals surface area contributed by atoms with Crippen molar-refractivity contribution >= 4 is 23.3 Å². The minimum absolute atomic E-state index is 0. The van der Waals surface area contributed by atoms with E-state index in [-0.39, 0.29) is 25.1 Å². The van der Waals surface area contributed by atoms with Crippen molar-refractivity contribution in [3.63, 3.8) is 0 Å². The molecule has 1 aromatic heterocycles. The summed E-state index contributed by atoms with van der Waals surface area (Å²) >= 11 is 0. The van der Waals surface area contributed by atoms with Crippen LogP contribution in [0.1, 0.15) is 18.0 Å². The first kappa shape index (κ1) is 12.0. The molecule has 0 aliphatic carbocycles. The van der Waals surface area contributed by atoms with Crippen LogP contribution in [0.4, 0.5) is 0 Å². The van der Waals surface area contributed by atoms with E-state index in [1.165, 1.54) is 0 Å². The topological polar surface area (TPSA) is 62.0 Å². The summed E-state index contributed by atoms with van der Waals surface area (Å²) in [5.74, 6) is 0. The van der Waals surface area contributed by atoms with Crippen LogP contribution in [0.15, 0.2) is 30.5 Å². The summed E-state index contributed by atoms with van der Waals surface area (Å²) in [6, 6.07) is 7.95.